The molecule has 4 rings (SSSR count). The van der Waals surface area contributed by atoms with Gasteiger partial charge in [0.2, 0.25) is 5.95 Å². The Hall–Kier alpha value is -2.89. The van der Waals surface area contributed by atoms with Crippen LogP contribution in [0.25, 0.3) is 10.8 Å². The number of benzene rings is 1. The summed E-state index contributed by atoms with van der Waals surface area (Å²) in [5.74, 6) is 0.985. The number of aryl methyl sites for hydroxylation is 1. The van der Waals surface area contributed by atoms with E-state index in [0.717, 1.165) is 42.7 Å². The highest BCUT2D eigenvalue weighted by atomic mass is 16.1. The highest BCUT2D eigenvalue weighted by molar-refractivity contribution is 6.06. The lowest BCUT2D eigenvalue weighted by atomic mass is 10.0. The van der Waals surface area contributed by atoms with Crippen LogP contribution in [-0.4, -0.2) is 39.6 Å². The minimum atomic E-state index is -0.00718. The highest BCUT2D eigenvalue weighted by Gasteiger charge is 2.23. The summed E-state index contributed by atoms with van der Waals surface area (Å²) < 4.78 is 2.03. The zero-order valence-electron chi connectivity index (χ0n) is 14.2. The standard InChI is InChI=1S/C19H21N5O/c1-23-12-9-21-19(23)24-10-6-15(7-11-24)22-18(25)17-4-2-3-14-13-20-8-5-16(14)17/h2-5,8-9,12-13,15H,6-7,10-11H2,1H3,(H,22,25). The third kappa shape index (κ3) is 3.07. The normalized spacial score (nSPS) is 15.5. The summed E-state index contributed by atoms with van der Waals surface area (Å²) in [6.07, 6.45) is 9.13. The number of nitrogens with zero attached hydrogens (tertiary/aromatic N) is 4. The van der Waals surface area contributed by atoms with Gasteiger partial charge in [-0.25, -0.2) is 4.98 Å². The van der Waals surface area contributed by atoms with Crippen LogP contribution >= 0.6 is 0 Å². The van der Waals surface area contributed by atoms with Crippen LogP contribution < -0.4 is 10.2 Å². The number of aromatic nitrogens is 3. The molecule has 1 aliphatic rings. The quantitative estimate of drug-likeness (QED) is 0.798. The second-order valence-corrected chi connectivity index (χ2v) is 6.48. The van der Waals surface area contributed by atoms with Gasteiger partial charge in [0.25, 0.3) is 5.91 Å². The van der Waals surface area contributed by atoms with E-state index in [1.54, 1.807) is 12.4 Å². The Labute approximate surface area is 146 Å². The fourth-order valence-corrected chi connectivity index (χ4v) is 3.47. The summed E-state index contributed by atoms with van der Waals surface area (Å²) in [5, 5.41) is 5.13. The Morgan fingerprint density at radius 1 is 1.20 bits per heavy atom. The van der Waals surface area contributed by atoms with Crippen molar-refractivity contribution in [3.8, 4) is 0 Å². The van der Waals surface area contributed by atoms with Gasteiger partial charge in [0.1, 0.15) is 0 Å². The first-order valence-corrected chi connectivity index (χ1v) is 8.58. The van der Waals surface area contributed by atoms with Crippen LogP contribution in [0.3, 0.4) is 0 Å². The van der Waals surface area contributed by atoms with Crippen molar-refractivity contribution in [3.05, 3.63) is 54.6 Å². The van der Waals surface area contributed by atoms with Crippen LogP contribution in [0.4, 0.5) is 5.95 Å². The molecule has 0 unspecified atom stereocenters. The molecule has 6 heteroatoms. The molecular formula is C19H21N5O. The maximum atomic E-state index is 12.7. The van der Waals surface area contributed by atoms with Crippen molar-refractivity contribution in [2.75, 3.05) is 18.0 Å². The van der Waals surface area contributed by atoms with Gasteiger partial charge in [0.05, 0.1) is 0 Å². The van der Waals surface area contributed by atoms with E-state index in [0.29, 0.717) is 5.56 Å². The first-order valence-electron chi connectivity index (χ1n) is 8.58. The average Bonchev–Trinajstić information content (AvgIpc) is 3.08. The second-order valence-electron chi connectivity index (χ2n) is 6.48. The zero-order valence-corrected chi connectivity index (χ0v) is 14.2. The summed E-state index contributed by atoms with van der Waals surface area (Å²) in [5.41, 5.74) is 0.714. The molecule has 0 radical (unpaired) electrons. The van der Waals surface area contributed by atoms with E-state index in [9.17, 15) is 4.79 Å². The summed E-state index contributed by atoms with van der Waals surface area (Å²) in [6, 6.07) is 7.85. The largest absolute Gasteiger partial charge is 0.349 e. The minimum absolute atomic E-state index is 0.00718. The summed E-state index contributed by atoms with van der Waals surface area (Å²) in [4.78, 5) is 23.5. The molecule has 25 heavy (non-hydrogen) atoms. The molecule has 3 aromatic rings. The summed E-state index contributed by atoms with van der Waals surface area (Å²) >= 11 is 0. The molecule has 0 spiro atoms. The van der Waals surface area contributed by atoms with Crippen molar-refractivity contribution >= 4 is 22.6 Å². The molecule has 0 saturated carbocycles. The van der Waals surface area contributed by atoms with Gasteiger partial charge >= 0.3 is 0 Å². The van der Waals surface area contributed by atoms with E-state index < -0.39 is 0 Å². The molecule has 1 aliphatic heterocycles. The van der Waals surface area contributed by atoms with Crippen molar-refractivity contribution in [1.82, 2.24) is 19.9 Å². The van der Waals surface area contributed by atoms with Gasteiger partial charge in [0, 0.05) is 61.9 Å². The van der Waals surface area contributed by atoms with Crippen LogP contribution in [0.1, 0.15) is 23.2 Å². The van der Waals surface area contributed by atoms with Crippen LogP contribution in [-0.2, 0) is 7.05 Å². The Morgan fingerprint density at radius 3 is 2.80 bits per heavy atom. The van der Waals surface area contributed by atoms with Gasteiger partial charge in [-0.3, -0.25) is 9.78 Å². The van der Waals surface area contributed by atoms with Gasteiger partial charge in [-0.2, -0.15) is 0 Å². The summed E-state index contributed by atoms with van der Waals surface area (Å²) in [7, 11) is 2.01. The number of nitrogens with one attached hydrogen (secondary N) is 1. The Bertz CT molecular complexity index is 890. The number of hydrogen-bond acceptors (Lipinski definition) is 4. The van der Waals surface area contributed by atoms with Crippen LogP contribution in [0.15, 0.2) is 49.1 Å². The Kier molecular flexibility index (Phi) is 4.09. The number of rotatable bonds is 3. The Morgan fingerprint density at radius 2 is 2.04 bits per heavy atom. The number of carbonyl (C=O) groups excluding carboxylic acids is 1. The predicted molar refractivity (Wildman–Crippen MR) is 97.7 cm³/mol. The molecule has 1 saturated heterocycles. The number of pyridine rings is 1. The van der Waals surface area contributed by atoms with Gasteiger partial charge < -0.3 is 14.8 Å². The van der Waals surface area contributed by atoms with Gasteiger partial charge in [-0.1, -0.05) is 12.1 Å². The Balaban J connectivity index is 1.43. The minimum Gasteiger partial charge on any atom is -0.349 e. The van der Waals surface area contributed by atoms with E-state index in [1.807, 2.05) is 48.3 Å². The molecule has 2 aromatic heterocycles. The first kappa shape index (κ1) is 15.6. The van der Waals surface area contributed by atoms with Crippen molar-refractivity contribution in [2.24, 2.45) is 7.05 Å². The second kappa shape index (κ2) is 6.55. The fraction of sp³-hybridized carbons (Fsp3) is 0.316. The third-order valence-corrected chi connectivity index (χ3v) is 4.83. The molecular weight excluding hydrogens is 314 g/mol. The third-order valence-electron chi connectivity index (χ3n) is 4.83. The van der Waals surface area contributed by atoms with Crippen LogP contribution in [0.5, 0.6) is 0 Å². The highest BCUT2D eigenvalue weighted by Crippen LogP contribution is 2.20. The molecule has 0 bridgehead atoms. The lowest BCUT2D eigenvalue weighted by molar-refractivity contribution is 0.0932. The number of anilines is 1. The topological polar surface area (TPSA) is 63.1 Å². The first-order chi connectivity index (χ1) is 12.2. The van der Waals surface area contributed by atoms with E-state index >= 15 is 0 Å². The number of piperidine rings is 1. The van der Waals surface area contributed by atoms with Crippen molar-refractivity contribution < 1.29 is 4.79 Å². The number of fused-ring (bicyclic) bond motifs is 1. The van der Waals surface area contributed by atoms with Gasteiger partial charge in [-0.05, 0) is 30.4 Å². The molecule has 6 nitrogen and oxygen atoms in total. The van der Waals surface area contributed by atoms with Crippen molar-refractivity contribution in [3.63, 3.8) is 0 Å². The number of hydrogen-bond donors (Lipinski definition) is 1. The van der Waals surface area contributed by atoms with Gasteiger partial charge in [0.15, 0.2) is 0 Å². The molecule has 1 amide bonds. The maximum absolute atomic E-state index is 12.7. The lowest BCUT2D eigenvalue weighted by Crippen LogP contribution is -2.45. The number of amides is 1. The van der Waals surface area contributed by atoms with E-state index in [2.05, 4.69) is 20.2 Å². The molecule has 1 N–H and O–H groups in total. The molecule has 1 fully saturated rings. The smallest absolute Gasteiger partial charge is 0.252 e. The van der Waals surface area contributed by atoms with Crippen LogP contribution in [0, 0.1) is 0 Å². The van der Waals surface area contributed by atoms with Gasteiger partial charge in [-0.15, -0.1) is 0 Å². The monoisotopic (exact) mass is 335 g/mol. The molecule has 3 heterocycles. The van der Waals surface area contributed by atoms with Crippen molar-refractivity contribution in [2.45, 2.75) is 18.9 Å². The fourth-order valence-electron chi connectivity index (χ4n) is 3.47. The molecule has 1 aromatic carbocycles. The molecule has 0 atom stereocenters. The zero-order chi connectivity index (χ0) is 17.2. The van der Waals surface area contributed by atoms with Crippen molar-refractivity contribution in [1.29, 1.82) is 0 Å². The average molecular weight is 335 g/mol. The van der Waals surface area contributed by atoms with E-state index in [-0.39, 0.29) is 11.9 Å². The maximum Gasteiger partial charge on any atom is 0.252 e. The van der Waals surface area contributed by atoms with Crippen LogP contribution in [0.2, 0.25) is 0 Å². The number of carbonyl (C=O) groups is 1. The van der Waals surface area contributed by atoms with E-state index in [4.69, 9.17) is 0 Å². The van der Waals surface area contributed by atoms with E-state index in [1.165, 1.54) is 0 Å². The molecule has 0 aliphatic carbocycles. The summed E-state index contributed by atoms with van der Waals surface area (Å²) in [6.45, 7) is 1.80. The number of imidazole rings is 1. The predicted octanol–water partition coefficient (Wildman–Crippen LogP) is 2.37. The molecule has 128 valence electrons. The lowest BCUT2D eigenvalue weighted by Gasteiger charge is -2.33. The SMILES string of the molecule is Cn1ccnc1N1CCC(NC(=O)c2cccc3cnccc23)CC1.